The summed E-state index contributed by atoms with van der Waals surface area (Å²) in [6, 6.07) is 0. The normalized spacial score (nSPS) is 20.5. The fourth-order valence-corrected chi connectivity index (χ4v) is 3.94. The smallest absolute Gasteiger partial charge is 0.411 e. The number of hydrogen-bond donors (Lipinski definition) is 4. The van der Waals surface area contributed by atoms with Crippen LogP contribution in [0, 0.1) is 0 Å². The van der Waals surface area contributed by atoms with Crippen molar-refractivity contribution in [2.24, 2.45) is 5.73 Å². The van der Waals surface area contributed by atoms with Gasteiger partial charge in [0.05, 0.1) is 0 Å². The average molecular weight is 615 g/mol. The standard InChI is InChI=1S/C31H46N6O7/c1-3-4-5-6-7-8-9-10-11-12-13-14-15-16-17-18-19-20-24(38)33-21-22-36(2)31(42)44-30-26(40)25(39)29(43-30)37-23-34-28(35-37)27(32)41/h4-5,7-8,10-11,13-14,16-17,23,25-26,29-30,39-40H,3,6,9,12,15,18-22H2,1-2H3,(H2,32,41)(H,33,38)/b5-4-,8-7-,11-10-,14-13-,17-16-/t25-,26+,29-,30-/m1/s1. The van der Waals surface area contributed by atoms with Gasteiger partial charge in [-0.1, -0.05) is 67.7 Å². The number of nitrogens with two attached hydrogens (primary N) is 1. The molecule has 1 saturated heterocycles. The van der Waals surface area contributed by atoms with Gasteiger partial charge >= 0.3 is 6.09 Å². The van der Waals surface area contributed by atoms with E-state index in [1.807, 2.05) is 0 Å². The summed E-state index contributed by atoms with van der Waals surface area (Å²) < 4.78 is 11.6. The maximum atomic E-state index is 12.4. The highest BCUT2D eigenvalue weighted by Crippen LogP contribution is 2.29. The number of allylic oxidation sites excluding steroid dienone is 10. The third-order valence-corrected chi connectivity index (χ3v) is 6.41. The van der Waals surface area contributed by atoms with E-state index in [9.17, 15) is 24.6 Å². The van der Waals surface area contributed by atoms with Crippen LogP contribution in [0.5, 0.6) is 0 Å². The van der Waals surface area contributed by atoms with Crippen molar-refractivity contribution >= 4 is 17.9 Å². The number of rotatable bonds is 19. The lowest BCUT2D eigenvalue weighted by Gasteiger charge is -2.21. The predicted molar refractivity (Wildman–Crippen MR) is 165 cm³/mol. The maximum absolute atomic E-state index is 12.4. The molecule has 0 saturated carbocycles. The highest BCUT2D eigenvalue weighted by atomic mass is 16.7. The summed E-state index contributed by atoms with van der Waals surface area (Å²) >= 11 is 0. The number of nitrogens with one attached hydrogen (secondary N) is 1. The zero-order valence-corrected chi connectivity index (χ0v) is 25.5. The molecule has 4 atom stereocenters. The van der Waals surface area contributed by atoms with Gasteiger partial charge in [0.1, 0.15) is 18.5 Å². The molecule has 0 spiro atoms. The third kappa shape index (κ3) is 13.5. The zero-order valence-electron chi connectivity index (χ0n) is 25.5. The number of aliphatic hydroxyl groups excluding tert-OH is 2. The van der Waals surface area contributed by atoms with Crippen LogP contribution in [0.2, 0.25) is 0 Å². The van der Waals surface area contributed by atoms with Crippen molar-refractivity contribution in [1.29, 1.82) is 0 Å². The molecule has 13 nitrogen and oxygen atoms in total. The number of amides is 3. The first kappa shape index (κ1) is 36.1. The molecule has 1 aromatic heterocycles. The van der Waals surface area contributed by atoms with Crippen molar-refractivity contribution in [1.82, 2.24) is 25.0 Å². The zero-order chi connectivity index (χ0) is 32.2. The number of aromatic nitrogens is 3. The lowest BCUT2D eigenvalue weighted by atomic mass is 10.2. The van der Waals surface area contributed by atoms with Crippen LogP contribution in [-0.4, -0.2) is 86.4 Å². The number of ether oxygens (including phenoxy) is 2. The van der Waals surface area contributed by atoms with Gasteiger partial charge < -0.3 is 35.6 Å². The number of likely N-dealkylation sites (N-methyl/N-ethyl adjacent to an activating group) is 1. The van der Waals surface area contributed by atoms with Gasteiger partial charge in [0.25, 0.3) is 5.91 Å². The first-order chi connectivity index (χ1) is 21.2. The van der Waals surface area contributed by atoms with Crippen LogP contribution in [0.4, 0.5) is 4.79 Å². The summed E-state index contributed by atoms with van der Waals surface area (Å²) in [6.07, 6.45) is 22.5. The number of carbonyl (C=O) groups is 3. The predicted octanol–water partition coefficient (Wildman–Crippen LogP) is 3.06. The van der Waals surface area contributed by atoms with Gasteiger partial charge in [0.2, 0.25) is 18.0 Å². The Morgan fingerprint density at radius 1 is 1.00 bits per heavy atom. The van der Waals surface area contributed by atoms with Gasteiger partial charge in [0.15, 0.2) is 6.23 Å². The minimum Gasteiger partial charge on any atom is -0.416 e. The summed E-state index contributed by atoms with van der Waals surface area (Å²) in [5.41, 5.74) is 5.11. The molecule has 2 heterocycles. The molecular weight excluding hydrogens is 568 g/mol. The molecular formula is C31H46N6O7. The number of hydrogen-bond acceptors (Lipinski definition) is 9. The summed E-state index contributed by atoms with van der Waals surface area (Å²) in [6.45, 7) is 2.49. The van der Waals surface area contributed by atoms with Crippen LogP contribution in [0.25, 0.3) is 0 Å². The number of unbranched alkanes of at least 4 members (excludes halogenated alkanes) is 1. The van der Waals surface area contributed by atoms with Gasteiger partial charge in [-0.05, 0) is 44.9 Å². The topological polar surface area (TPSA) is 182 Å². The third-order valence-electron chi connectivity index (χ3n) is 6.41. The quantitative estimate of drug-likeness (QED) is 0.134. The molecule has 44 heavy (non-hydrogen) atoms. The van der Waals surface area contributed by atoms with E-state index in [4.69, 9.17) is 15.2 Å². The van der Waals surface area contributed by atoms with Crippen molar-refractivity contribution in [3.8, 4) is 0 Å². The van der Waals surface area contributed by atoms with Crippen LogP contribution in [0.3, 0.4) is 0 Å². The van der Waals surface area contributed by atoms with Crippen molar-refractivity contribution < 1.29 is 34.1 Å². The average Bonchev–Trinajstić information content (AvgIpc) is 3.60. The molecule has 13 heteroatoms. The minimum atomic E-state index is -1.57. The molecule has 5 N–H and O–H groups in total. The molecule has 1 aliphatic heterocycles. The molecule has 0 aliphatic carbocycles. The van der Waals surface area contributed by atoms with E-state index < -0.39 is 36.7 Å². The maximum Gasteiger partial charge on any atom is 0.411 e. The van der Waals surface area contributed by atoms with E-state index in [1.165, 1.54) is 11.9 Å². The Hall–Kier alpha value is -4.07. The van der Waals surface area contributed by atoms with Gasteiger partial charge in [-0.25, -0.2) is 14.5 Å². The van der Waals surface area contributed by atoms with Crippen molar-refractivity contribution in [2.75, 3.05) is 20.1 Å². The molecule has 0 bridgehead atoms. The SMILES string of the molecule is CC/C=C\C/C=C\C/C=C\C/C=C\C/C=C\CCCC(=O)NCCN(C)C(=O)O[C@H]1O[C@@H](n2cnc(C(N)=O)n2)[C@H](O)[C@@H]1O. The molecule has 242 valence electrons. The molecule has 0 unspecified atom stereocenters. The minimum absolute atomic E-state index is 0.122. The molecule has 0 aromatic carbocycles. The van der Waals surface area contributed by atoms with E-state index >= 15 is 0 Å². The number of carbonyl (C=O) groups excluding carboxylic acids is 3. The van der Waals surface area contributed by atoms with E-state index in [0.29, 0.717) is 12.8 Å². The van der Waals surface area contributed by atoms with Gasteiger partial charge in [0, 0.05) is 26.6 Å². The first-order valence-corrected chi connectivity index (χ1v) is 14.9. The van der Waals surface area contributed by atoms with Gasteiger partial charge in [-0.2, -0.15) is 0 Å². The van der Waals surface area contributed by atoms with Crippen LogP contribution in [-0.2, 0) is 14.3 Å². The van der Waals surface area contributed by atoms with Gasteiger partial charge in [-0.15, -0.1) is 5.10 Å². The first-order valence-electron chi connectivity index (χ1n) is 14.9. The van der Waals surface area contributed by atoms with E-state index in [2.05, 4.69) is 83.1 Å². The molecule has 2 rings (SSSR count). The summed E-state index contributed by atoms with van der Waals surface area (Å²) in [7, 11) is 1.46. The fourth-order valence-electron chi connectivity index (χ4n) is 3.94. The van der Waals surface area contributed by atoms with Crippen LogP contribution < -0.4 is 11.1 Å². The van der Waals surface area contributed by atoms with E-state index in [-0.39, 0.29) is 24.8 Å². The van der Waals surface area contributed by atoms with Crippen molar-refractivity contribution in [3.05, 3.63) is 72.9 Å². The summed E-state index contributed by atoms with van der Waals surface area (Å²) in [5.74, 6) is -1.30. The lowest BCUT2D eigenvalue weighted by molar-refractivity contribution is -0.150. The molecule has 1 aliphatic rings. The Morgan fingerprint density at radius 2 is 1.59 bits per heavy atom. The Kier molecular flexibility index (Phi) is 17.1. The second kappa shape index (κ2) is 20.8. The monoisotopic (exact) mass is 614 g/mol. The van der Waals surface area contributed by atoms with Crippen molar-refractivity contribution in [3.63, 3.8) is 0 Å². The summed E-state index contributed by atoms with van der Waals surface area (Å²) in [4.78, 5) is 40.6. The number of nitrogens with zero attached hydrogens (tertiary/aromatic N) is 4. The number of aliphatic hydroxyl groups is 2. The largest absolute Gasteiger partial charge is 0.416 e. The van der Waals surface area contributed by atoms with E-state index in [1.54, 1.807) is 0 Å². The highest BCUT2D eigenvalue weighted by Gasteiger charge is 2.47. The second-order valence-electron chi connectivity index (χ2n) is 10.0. The second-order valence-corrected chi connectivity index (χ2v) is 10.0. The van der Waals surface area contributed by atoms with Crippen molar-refractivity contribution in [2.45, 2.75) is 83.0 Å². The van der Waals surface area contributed by atoms with Crippen LogP contribution >= 0.6 is 0 Å². The van der Waals surface area contributed by atoms with Gasteiger partial charge in [-0.3, -0.25) is 9.59 Å². The van der Waals surface area contributed by atoms with Crippen LogP contribution in [0.1, 0.15) is 75.1 Å². The van der Waals surface area contributed by atoms with E-state index in [0.717, 1.165) is 49.5 Å². The Morgan fingerprint density at radius 3 is 2.16 bits per heavy atom. The fraction of sp³-hybridized carbons (Fsp3) is 0.516. The molecule has 0 radical (unpaired) electrons. The summed E-state index contributed by atoms with van der Waals surface area (Å²) in [5, 5.41) is 27.0. The number of primary amides is 1. The molecule has 3 amide bonds. The Balaban J connectivity index is 1.53. The highest BCUT2D eigenvalue weighted by molar-refractivity contribution is 5.88. The Labute approximate surface area is 258 Å². The van der Waals surface area contributed by atoms with Crippen LogP contribution in [0.15, 0.2) is 67.1 Å². The Bertz CT molecular complexity index is 1180. The lowest BCUT2D eigenvalue weighted by Crippen LogP contribution is -2.40. The molecule has 1 aromatic rings. The molecule has 1 fully saturated rings.